The van der Waals surface area contributed by atoms with Gasteiger partial charge in [0, 0.05) is 0 Å². The molecule has 0 aliphatic rings. The van der Waals surface area contributed by atoms with E-state index in [1.807, 2.05) is 0 Å². The summed E-state index contributed by atoms with van der Waals surface area (Å²) in [6.45, 7) is 1.67. The minimum absolute atomic E-state index is 0.245. The summed E-state index contributed by atoms with van der Waals surface area (Å²) < 4.78 is 5.11. The Balaban J connectivity index is 2.71. The molecular formula is C12H13N3O4. The molecule has 0 bridgehead atoms. The minimum atomic E-state index is -0.471. The highest BCUT2D eigenvalue weighted by atomic mass is 16.6. The quantitative estimate of drug-likeness (QED) is 0.788. The van der Waals surface area contributed by atoms with Gasteiger partial charge in [0.2, 0.25) is 0 Å². The second-order valence-electron chi connectivity index (χ2n) is 3.86. The maximum Gasteiger partial charge on any atom is 0.278 e. The standard InChI is InChI=1S/C12H13N3O4/c1-6-13-9-4-8(12(17)15-19-3)10(18-2)5-7(9)11(16)14-6/h4-5H,1-3H3,(H,15,17)(H,13,14,16). The molecule has 2 rings (SSSR count). The smallest absolute Gasteiger partial charge is 0.278 e. The normalized spacial score (nSPS) is 10.5. The number of rotatable bonds is 3. The van der Waals surface area contributed by atoms with Gasteiger partial charge in [-0.25, -0.2) is 10.5 Å². The largest absolute Gasteiger partial charge is 0.496 e. The Morgan fingerprint density at radius 2 is 2.11 bits per heavy atom. The minimum Gasteiger partial charge on any atom is -0.496 e. The lowest BCUT2D eigenvalue weighted by atomic mass is 10.1. The number of aryl methyl sites for hydroxylation is 1. The van der Waals surface area contributed by atoms with Crippen molar-refractivity contribution in [3.8, 4) is 5.75 Å². The Morgan fingerprint density at radius 3 is 2.74 bits per heavy atom. The van der Waals surface area contributed by atoms with E-state index in [4.69, 9.17) is 4.74 Å². The molecule has 0 saturated carbocycles. The summed E-state index contributed by atoms with van der Waals surface area (Å²) >= 11 is 0. The lowest BCUT2D eigenvalue weighted by Crippen LogP contribution is -2.22. The number of amides is 1. The van der Waals surface area contributed by atoms with Crippen LogP contribution in [0.3, 0.4) is 0 Å². The third-order valence-electron chi connectivity index (χ3n) is 2.58. The molecule has 7 heteroatoms. The molecule has 0 radical (unpaired) electrons. The van der Waals surface area contributed by atoms with Gasteiger partial charge in [-0.05, 0) is 19.1 Å². The van der Waals surface area contributed by atoms with Crippen LogP contribution >= 0.6 is 0 Å². The first kappa shape index (κ1) is 13.0. The Labute approximate surface area is 108 Å². The molecule has 0 aliphatic heterocycles. The number of hydrogen-bond donors (Lipinski definition) is 2. The third-order valence-corrected chi connectivity index (χ3v) is 2.58. The number of H-pyrrole nitrogens is 1. The molecule has 7 nitrogen and oxygen atoms in total. The van der Waals surface area contributed by atoms with Crippen molar-refractivity contribution >= 4 is 16.8 Å². The van der Waals surface area contributed by atoms with Crippen molar-refractivity contribution in [2.24, 2.45) is 0 Å². The van der Waals surface area contributed by atoms with Crippen LogP contribution in [0.5, 0.6) is 5.75 Å². The Bertz CT molecular complexity index is 693. The highest BCUT2D eigenvalue weighted by molar-refractivity contribution is 6.00. The summed E-state index contributed by atoms with van der Waals surface area (Å²) in [5.41, 5.74) is 2.58. The number of ether oxygens (including phenoxy) is 1. The molecular weight excluding hydrogens is 250 g/mol. The number of hydrogen-bond acceptors (Lipinski definition) is 5. The number of methoxy groups -OCH3 is 1. The molecule has 0 aliphatic carbocycles. The first-order valence-electron chi connectivity index (χ1n) is 5.48. The fraction of sp³-hybridized carbons (Fsp3) is 0.250. The highest BCUT2D eigenvalue weighted by Gasteiger charge is 2.15. The van der Waals surface area contributed by atoms with Crippen molar-refractivity contribution < 1.29 is 14.4 Å². The molecule has 1 amide bonds. The number of aromatic amines is 1. The van der Waals surface area contributed by atoms with Crippen molar-refractivity contribution in [1.82, 2.24) is 15.4 Å². The van der Waals surface area contributed by atoms with Gasteiger partial charge in [-0.2, -0.15) is 0 Å². The Kier molecular flexibility index (Phi) is 3.48. The number of carbonyl (C=O) groups is 1. The van der Waals surface area contributed by atoms with Crippen molar-refractivity contribution in [3.05, 3.63) is 33.9 Å². The molecule has 1 aromatic carbocycles. The molecule has 0 fully saturated rings. The number of hydroxylamine groups is 1. The van der Waals surface area contributed by atoms with Gasteiger partial charge in [-0.3, -0.25) is 14.4 Å². The number of nitrogens with zero attached hydrogens (tertiary/aromatic N) is 1. The van der Waals surface area contributed by atoms with E-state index >= 15 is 0 Å². The first-order valence-corrected chi connectivity index (χ1v) is 5.48. The second-order valence-corrected chi connectivity index (χ2v) is 3.86. The Hall–Kier alpha value is -2.41. The van der Waals surface area contributed by atoms with Gasteiger partial charge < -0.3 is 9.72 Å². The third kappa shape index (κ3) is 2.41. The number of carbonyl (C=O) groups excluding carboxylic acids is 1. The second kappa shape index (κ2) is 5.07. The SMILES string of the molecule is CONC(=O)c1cc2nc(C)[nH]c(=O)c2cc1OC. The molecule has 2 aromatic rings. The van der Waals surface area contributed by atoms with Gasteiger partial charge >= 0.3 is 0 Å². The van der Waals surface area contributed by atoms with Gasteiger partial charge in [-0.1, -0.05) is 0 Å². The van der Waals surface area contributed by atoms with Crippen LogP contribution in [-0.4, -0.2) is 30.1 Å². The lowest BCUT2D eigenvalue weighted by Gasteiger charge is -2.09. The van der Waals surface area contributed by atoms with Gasteiger partial charge in [0.05, 0.1) is 30.7 Å². The van der Waals surface area contributed by atoms with Crippen LogP contribution in [-0.2, 0) is 4.84 Å². The van der Waals surface area contributed by atoms with Gasteiger partial charge in [0.15, 0.2) is 0 Å². The maximum atomic E-state index is 11.8. The van der Waals surface area contributed by atoms with Crippen molar-refractivity contribution in [2.75, 3.05) is 14.2 Å². The van der Waals surface area contributed by atoms with Gasteiger partial charge in [-0.15, -0.1) is 0 Å². The van der Waals surface area contributed by atoms with Crippen molar-refractivity contribution in [1.29, 1.82) is 0 Å². The van der Waals surface area contributed by atoms with E-state index in [1.165, 1.54) is 26.4 Å². The van der Waals surface area contributed by atoms with Crippen LogP contribution < -0.4 is 15.8 Å². The van der Waals surface area contributed by atoms with E-state index in [0.29, 0.717) is 16.7 Å². The van der Waals surface area contributed by atoms with E-state index in [9.17, 15) is 9.59 Å². The Morgan fingerprint density at radius 1 is 1.37 bits per heavy atom. The molecule has 0 atom stereocenters. The lowest BCUT2D eigenvalue weighted by molar-refractivity contribution is 0.0535. The van der Waals surface area contributed by atoms with E-state index < -0.39 is 5.91 Å². The number of aromatic nitrogens is 2. The number of fused-ring (bicyclic) bond motifs is 1. The first-order chi connectivity index (χ1) is 9.06. The molecule has 0 saturated heterocycles. The monoisotopic (exact) mass is 263 g/mol. The van der Waals surface area contributed by atoms with Gasteiger partial charge in [0.25, 0.3) is 11.5 Å². The van der Waals surface area contributed by atoms with Gasteiger partial charge in [0.1, 0.15) is 11.6 Å². The fourth-order valence-corrected chi connectivity index (χ4v) is 1.78. The maximum absolute atomic E-state index is 11.8. The van der Waals surface area contributed by atoms with E-state index in [-0.39, 0.29) is 16.9 Å². The molecule has 1 heterocycles. The van der Waals surface area contributed by atoms with Crippen LogP contribution in [0.15, 0.2) is 16.9 Å². The zero-order valence-electron chi connectivity index (χ0n) is 10.7. The molecule has 19 heavy (non-hydrogen) atoms. The molecule has 100 valence electrons. The van der Waals surface area contributed by atoms with Crippen LogP contribution in [0.4, 0.5) is 0 Å². The van der Waals surface area contributed by atoms with Crippen LogP contribution in [0.2, 0.25) is 0 Å². The van der Waals surface area contributed by atoms with E-state index in [2.05, 4.69) is 20.3 Å². The summed E-state index contributed by atoms with van der Waals surface area (Å²) in [5, 5.41) is 0.358. The number of benzene rings is 1. The van der Waals surface area contributed by atoms with E-state index in [0.717, 1.165) is 0 Å². The summed E-state index contributed by atoms with van der Waals surface area (Å²) in [7, 11) is 2.75. The summed E-state index contributed by atoms with van der Waals surface area (Å²) in [6.07, 6.45) is 0. The topological polar surface area (TPSA) is 93.3 Å². The molecule has 0 spiro atoms. The van der Waals surface area contributed by atoms with Crippen molar-refractivity contribution in [3.63, 3.8) is 0 Å². The zero-order valence-corrected chi connectivity index (χ0v) is 10.7. The average Bonchev–Trinajstić information content (AvgIpc) is 2.37. The van der Waals surface area contributed by atoms with Crippen LogP contribution in [0, 0.1) is 6.92 Å². The summed E-state index contributed by atoms with van der Waals surface area (Å²) in [5.74, 6) is 0.278. The summed E-state index contributed by atoms with van der Waals surface area (Å²) in [6, 6.07) is 2.97. The zero-order chi connectivity index (χ0) is 14.0. The highest BCUT2D eigenvalue weighted by Crippen LogP contribution is 2.23. The fourth-order valence-electron chi connectivity index (χ4n) is 1.78. The predicted molar refractivity (Wildman–Crippen MR) is 68.1 cm³/mol. The number of nitrogens with one attached hydrogen (secondary N) is 2. The van der Waals surface area contributed by atoms with Crippen molar-refractivity contribution in [2.45, 2.75) is 6.92 Å². The molecule has 0 unspecified atom stereocenters. The predicted octanol–water partition coefficient (Wildman–Crippen LogP) is 0.531. The molecule has 2 N–H and O–H groups in total. The van der Waals surface area contributed by atoms with E-state index in [1.54, 1.807) is 6.92 Å². The molecule has 1 aromatic heterocycles. The van der Waals surface area contributed by atoms with Crippen LogP contribution in [0.25, 0.3) is 10.9 Å². The summed E-state index contributed by atoms with van der Waals surface area (Å²) in [4.78, 5) is 35.0. The average molecular weight is 263 g/mol. The van der Waals surface area contributed by atoms with Crippen LogP contribution in [0.1, 0.15) is 16.2 Å².